The van der Waals surface area contributed by atoms with Gasteiger partial charge in [0.15, 0.2) is 0 Å². The van der Waals surface area contributed by atoms with Crippen molar-refractivity contribution in [2.75, 3.05) is 0 Å². The van der Waals surface area contributed by atoms with Crippen LogP contribution in [0.4, 0.5) is 4.79 Å². The van der Waals surface area contributed by atoms with Crippen molar-refractivity contribution in [3.8, 4) is 0 Å². The van der Waals surface area contributed by atoms with Gasteiger partial charge in [-0.1, -0.05) is 30.3 Å². The lowest BCUT2D eigenvalue weighted by Crippen LogP contribution is -2.39. The molecule has 0 heterocycles. The number of carbonyl (C=O) groups excluding carboxylic acids is 1. The van der Waals surface area contributed by atoms with Crippen LogP contribution in [-0.2, 0) is 9.53 Å². The lowest BCUT2D eigenvalue weighted by atomic mass is 10.2. The summed E-state index contributed by atoms with van der Waals surface area (Å²) in [5, 5.41) is 8.93. The zero-order chi connectivity index (χ0) is 16.8. The average Bonchev–Trinajstić information content (AvgIpc) is 2.37. The maximum Gasteiger partial charge on any atom is 0.414 e. The topological polar surface area (TPSA) is 66.8 Å². The molecule has 22 heavy (non-hydrogen) atoms. The van der Waals surface area contributed by atoms with Crippen molar-refractivity contribution in [2.24, 2.45) is 0 Å². The highest BCUT2D eigenvalue weighted by atomic mass is 16.6. The van der Waals surface area contributed by atoms with Crippen LogP contribution < -0.4 is 0 Å². The van der Waals surface area contributed by atoms with Crippen LogP contribution in [0.25, 0.3) is 6.08 Å². The summed E-state index contributed by atoms with van der Waals surface area (Å²) < 4.78 is 5.33. The van der Waals surface area contributed by atoms with Crippen LogP contribution in [0.3, 0.4) is 0 Å². The molecular formula is C17H23NO4. The quantitative estimate of drug-likeness (QED) is 0.899. The number of hydrogen-bond acceptors (Lipinski definition) is 3. The second kappa shape index (κ2) is 7.64. The van der Waals surface area contributed by atoms with E-state index in [9.17, 15) is 9.59 Å². The summed E-state index contributed by atoms with van der Waals surface area (Å²) in [6.45, 7) is 6.98. The van der Waals surface area contributed by atoms with E-state index in [-0.39, 0.29) is 6.42 Å². The van der Waals surface area contributed by atoms with E-state index >= 15 is 0 Å². The maximum atomic E-state index is 12.3. The number of carboxylic acids is 1. The van der Waals surface area contributed by atoms with Gasteiger partial charge in [0.05, 0.1) is 6.42 Å². The molecule has 1 amide bonds. The number of hydrogen-bond donors (Lipinski definition) is 1. The van der Waals surface area contributed by atoms with Gasteiger partial charge in [-0.25, -0.2) is 4.79 Å². The van der Waals surface area contributed by atoms with Crippen LogP contribution in [0.5, 0.6) is 0 Å². The van der Waals surface area contributed by atoms with Gasteiger partial charge in [-0.2, -0.15) is 0 Å². The molecule has 0 spiro atoms. The molecule has 0 aliphatic rings. The minimum atomic E-state index is -0.964. The number of carboxylic acid groups (broad SMARTS) is 1. The van der Waals surface area contributed by atoms with E-state index in [0.717, 1.165) is 5.56 Å². The van der Waals surface area contributed by atoms with E-state index in [1.54, 1.807) is 40.0 Å². The Morgan fingerprint density at radius 3 is 2.36 bits per heavy atom. The minimum Gasteiger partial charge on any atom is -0.481 e. The molecular weight excluding hydrogens is 282 g/mol. The summed E-state index contributed by atoms with van der Waals surface area (Å²) in [7, 11) is 0. The van der Waals surface area contributed by atoms with Gasteiger partial charge >= 0.3 is 12.1 Å². The molecule has 0 fully saturated rings. The van der Waals surface area contributed by atoms with Gasteiger partial charge in [0.25, 0.3) is 0 Å². The van der Waals surface area contributed by atoms with Gasteiger partial charge in [-0.05, 0) is 39.3 Å². The summed E-state index contributed by atoms with van der Waals surface area (Å²) in [5.74, 6) is -0.964. The van der Waals surface area contributed by atoms with Gasteiger partial charge < -0.3 is 9.84 Å². The van der Waals surface area contributed by atoms with Gasteiger partial charge in [0, 0.05) is 12.2 Å². The summed E-state index contributed by atoms with van der Waals surface area (Å²) in [6, 6.07) is 8.95. The third kappa shape index (κ3) is 6.43. The Bertz CT molecular complexity index is 531. The predicted octanol–water partition coefficient (Wildman–Crippen LogP) is 3.76. The SMILES string of the molecule is C[C@@H](CC(=O)O)N(C=Cc1ccccc1)C(=O)OC(C)(C)C. The highest BCUT2D eigenvalue weighted by Gasteiger charge is 2.25. The highest BCUT2D eigenvalue weighted by Crippen LogP contribution is 2.15. The van der Waals surface area contributed by atoms with Crippen molar-refractivity contribution in [3.63, 3.8) is 0 Å². The zero-order valence-corrected chi connectivity index (χ0v) is 13.4. The molecule has 1 aromatic rings. The van der Waals surface area contributed by atoms with E-state index in [1.807, 2.05) is 30.3 Å². The van der Waals surface area contributed by atoms with Gasteiger partial charge in [-0.3, -0.25) is 9.69 Å². The second-order valence-corrected chi connectivity index (χ2v) is 6.06. The highest BCUT2D eigenvalue weighted by molar-refractivity contribution is 5.73. The number of carbonyl (C=O) groups is 2. The lowest BCUT2D eigenvalue weighted by Gasteiger charge is -2.28. The first kappa shape index (κ1) is 17.8. The van der Waals surface area contributed by atoms with E-state index < -0.39 is 23.7 Å². The summed E-state index contributed by atoms with van der Waals surface area (Å²) in [6.07, 6.45) is 2.60. The van der Waals surface area contributed by atoms with Crippen LogP contribution in [0.1, 0.15) is 39.7 Å². The zero-order valence-electron chi connectivity index (χ0n) is 13.4. The van der Waals surface area contributed by atoms with Crippen LogP contribution in [0, 0.1) is 0 Å². The Hall–Kier alpha value is -2.30. The Balaban J connectivity index is 2.93. The number of aliphatic carboxylic acids is 1. The Kier molecular flexibility index (Phi) is 6.16. The molecule has 0 radical (unpaired) electrons. The first-order chi connectivity index (χ1) is 10.2. The molecule has 5 nitrogen and oxygen atoms in total. The molecule has 120 valence electrons. The number of nitrogens with zero attached hydrogens (tertiary/aromatic N) is 1. The molecule has 1 rings (SSSR count). The lowest BCUT2D eigenvalue weighted by molar-refractivity contribution is -0.137. The van der Waals surface area contributed by atoms with E-state index in [4.69, 9.17) is 9.84 Å². The second-order valence-electron chi connectivity index (χ2n) is 6.06. The molecule has 1 N–H and O–H groups in total. The van der Waals surface area contributed by atoms with Gasteiger partial charge in [0.2, 0.25) is 0 Å². The Morgan fingerprint density at radius 1 is 1.27 bits per heavy atom. The fourth-order valence-corrected chi connectivity index (χ4v) is 1.78. The molecule has 0 bridgehead atoms. The minimum absolute atomic E-state index is 0.154. The molecule has 0 saturated carbocycles. The number of ether oxygens (including phenoxy) is 1. The van der Waals surface area contributed by atoms with Crippen molar-refractivity contribution in [2.45, 2.75) is 45.8 Å². The van der Waals surface area contributed by atoms with Gasteiger partial charge in [-0.15, -0.1) is 0 Å². The van der Waals surface area contributed by atoms with Crippen molar-refractivity contribution >= 4 is 18.1 Å². The predicted molar refractivity (Wildman–Crippen MR) is 85.3 cm³/mol. The van der Waals surface area contributed by atoms with Crippen molar-refractivity contribution < 1.29 is 19.4 Å². The fraction of sp³-hybridized carbons (Fsp3) is 0.412. The molecule has 1 atom stereocenters. The third-order valence-corrected chi connectivity index (χ3v) is 2.78. The van der Waals surface area contributed by atoms with Crippen molar-refractivity contribution in [1.29, 1.82) is 0 Å². The molecule has 0 saturated heterocycles. The van der Waals surface area contributed by atoms with Crippen molar-refractivity contribution in [1.82, 2.24) is 4.90 Å². The van der Waals surface area contributed by atoms with E-state index in [0.29, 0.717) is 0 Å². The molecule has 1 aromatic carbocycles. The normalized spacial score (nSPS) is 12.9. The third-order valence-electron chi connectivity index (χ3n) is 2.78. The summed E-state index contributed by atoms with van der Waals surface area (Å²) >= 11 is 0. The first-order valence-electron chi connectivity index (χ1n) is 7.15. The molecule has 0 aromatic heterocycles. The first-order valence-corrected chi connectivity index (χ1v) is 7.15. The standard InChI is InChI=1S/C17H23NO4/c1-13(12-15(19)20)18(16(21)22-17(2,3)4)11-10-14-8-6-5-7-9-14/h5-11,13H,12H2,1-4H3,(H,19,20)/t13-/m0/s1. The van der Waals surface area contributed by atoms with E-state index in [1.165, 1.54) is 4.90 Å². The Labute approximate surface area is 131 Å². The largest absolute Gasteiger partial charge is 0.481 e. The maximum absolute atomic E-state index is 12.3. The molecule has 0 aliphatic carbocycles. The van der Waals surface area contributed by atoms with Crippen molar-refractivity contribution in [3.05, 3.63) is 42.1 Å². The van der Waals surface area contributed by atoms with Gasteiger partial charge in [0.1, 0.15) is 5.60 Å². The number of benzene rings is 1. The molecule has 5 heteroatoms. The van der Waals surface area contributed by atoms with Crippen LogP contribution in [0.15, 0.2) is 36.5 Å². The fourth-order valence-electron chi connectivity index (χ4n) is 1.78. The van der Waals surface area contributed by atoms with Crippen LogP contribution in [0.2, 0.25) is 0 Å². The van der Waals surface area contributed by atoms with Crippen LogP contribution >= 0.6 is 0 Å². The summed E-state index contributed by atoms with van der Waals surface area (Å²) in [5.41, 5.74) is 0.275. The summed E-state index contributed by atoms with van der Waals surface area (Å²) in [4.78, 5) is 24.5. The van der Waals surface area contributed by atoms with Crippen LogP contribution in [-0.4, -0.2) is 33.7 Å². The molecule has 0 aliphatic heterocycles. The Morgan fingerprint density at radius 2 is 1.86 bits per heavy atom. The number of amides is 1. The average molecular weight is 305 g/mol. The molecule has 0 unspecified atom stereocenters. The van der Waals surface area contributed by atoms with E-state index in [2.05, 4.69) is 0 Å². The monoisotopic (exact) mass is 305 g/mol. The number of rotatable bonds is 5. The smallest absolute Gasteiger partial charge is 0.414 e.